The van der Waals surface area contributed by atoms with Crippen molar-refractivity contribution < 1.29 is 4.79 Å². The lowest BCUT2D eigenvalue weighted by Crippen LogP contribution is -2.50. The molecule has 0 bridgehead atoms. The Morgan fingerprint density at radius 2 is 1.81 bits per heavy atom. The molecule has 2 aromatic rings. The van der Waals surface area contributed by atoms with E-state index in [1.165, 1.54) is 5.56 Å². The number of nitrogens with zero attached hydrogens (tertiary/aromatic N) is 2. The summed E-state index contributed by atoms with van der Waals surface area (Å²) in [4.78, 5) is 32.1. The van der Waals surface area contributed by atoms with E-state index in [1.54, 1.807) is 0 Å². The maximum absolute atomic E-state index is 12.5. The van der Waals surface area contributed by atoms with Crippen molar-refractivity contribution in [2.75, 3.05) is 26.2 Å². The van der Waals surface area contributed by atoms with E-state index in [9.17, 15) is 9.59 Å². The number of hydrogen-bond donors (Lipinski definition) is 1. The SMILES string of the molecule is CCC(CC)C(=O)N1CCN(Cc2cc3cc(C)ccc3[nH]c2=O)CC1. The number of amides is 1. The van der Waals surface area contributed by atoms with Crippen LogP contribution < -0.4 is 5.56 Å². The van der Waals surface area contributed by atoms with Gasteiger partial charge in [-0.2, -0.15) is 0 Å². The number of aromatic amines is 1. The molecule has 140 valence electrons. The largest absolute Gasteiger partial charge is 0.340 e. The lowest BCUT2D eigenvalue weighted by molar-refractivity contribution is -0.137. The highest BCUT2D eigenvalue weighted by Crippen LogP contribution is 2.17. The number of benzene rings is 1. The van der Waals surface area contributed by atoms with E-state index >= 15 is 0 Å². The predicted octanol–water partition coefficient (Wildman–Crippen LogP) is 2.92. The normalized spacial score (nSPS) is 15.8. The number of nitrogens with one attached hydrogen (secondary N) is 1. The molecule has 0 saturated carbocycles. The molecule has 1 fully saturated rings. The fourth-order valence-corrected chi connectivity index (χ4v) is 3.75. The third kappa shape index (κ3) is 3.98. The first-order valence-electron chi connectivity index (χ1n) is 9.65. The molecule has 1 N–H and O–H groups in total. The number of H-pyrrole nitrogens is 1. The molecule has 5 nitrogen and oxygen atoms in total. The minimum absolute atomic E-state index is 0.0168. The fraction of sp³-hybridized carbons (Fsp3) is 0.524. The molecule has 26 heavy (non-hydrogen) atoms. The van der Waals surface area contributed by atoms with Crippen molar-refractivity contribution in [2.45, 2.75) is 40.2 Å². The molecule has 0 radical (unpaired) electrons. The van der Waals surface area contributed by atoms with Crippen LogP contribution in [0.1, 0.15) is 37.8 Å². The van der Waals surface area contributed by atoms with Gasteiger partial charge in [-0.3, -0.25) is 14.5 Å². The molecule has 1 aliphatic rings. The molecule has 1 aromatic heterocycles. The van der Waals surface area contributed by atoms with Gasteiger partial charge in [0.1, 0.15) is 0 Å². The lowest BCUT2D eigenvalue weighted by atomic mass is 10.0. The van der Waals surface area contributed by atoms with Crippen molar-refractivity contribution in [3.63, 3.8) is 0 Å². The summed E-state index contributed by atoms with van der Waals surface area (Å²) in [5, 5.41) is 1.07. The van der Waals surface area contributed by atoms with E-state index < -0.39 is 0 Å². The van der Waals surface area contributed by atoms with Crippen LogP contribution in [0.15, 0.2) is 29.1 Å². The van der Waals surface area contributed by atoms with E-state index in [4.69, 9.17) is 0 Å². The first-order valence-corrected chi connectivity index (χ1v) is 9.65. The van der Waals surface area contributed by atoms with E-state index in [0.29, 0.717) is 6.54 Å². The second-order valence-electron chi connectivity index (χ2n) is 7.33. The second-order valence-corrected chi connectivity index (χ2v) is 7.33. The Bertz CT molecular complexity index is 831. The van der Waals surface area contributed by atoms with Gasteiger partial charge >= 0.3 is 0 Å². The summed E-state index contributed by atoms with van der Waals surface area (Å²) in [6.07, 6.45) is 1.81. The van der Waals surface area contributed by atoms with Crippen molar-refractivity contribution in [2.24, 2.45) is 5.92 Å². The number of hydrogen-bond acceptors (Lipinski definition) is 3. The van der Waals surface area contributed by atoms with Gasteiger partial charge in [-0.05, 0) is 43.4 Å². The first kappa shape index (κ1) is 18.6. The van der Waals surface area contributed by atoms with Crippen LogP contribution >= 0.6 is 0 Å². The Hall–Kier alpha value is -2.14. The van der Waals surface area contributed by atoms with Crippen LogP contribution in [-0.2, 0) is 11.3 Å². The summed E-state index contributed by atoms with van der Waals surface area (Å²) in [6, 6.07) is 8.07. The molecule has 1 amide bonds. The van der Waals surface area contributed by atoms with Crippen LogP contribution in [-0.4, -0.2) is 46.9 Å². The topological polar surface area (TPSA) is 56.4 Å². The van der Waals surface area contributed by atoms with E-state index in [1.807, 2.05) is 23.1 Å². The lowest BCUT2D eigenvalue weighted by Gasteiger charge is -2.36. The van der Waals surface area contributed by atoms with Gasteiger partial charge in [0, 0.05) is 49.7 Å². The van der Waals surface area contributed by atoms with E-state index in [-0.39, 0.29) is 17.4 Å². The Labute approximate surface area is 155 Å². The van der Waals surface area contributed by atoms with Gasteiger partial charge in [0.05, 0.1) is 0 Å². The minimum atomic E-state index is -0.0168. The molecule has 0 spiro atoms. The van der Waals surface area contributed by atoms with Gasteiger partial charge in [-0.15, -0.1) is 0 Å². The molecular formula is C21H29N3O2. The highest BCUT2D eigenvalue weighted by Gasteiger charge is 2.25. The van der Waals surface area contributed by atoms with E-state index in [2.05, 4.69) is 36.7 Å². The Kier molecular flexibility index (Phi) is 5.77. The Balaban J connectivity index is 1.66. The quantitative estimate of drug-likeness (QED) is 0.897. The Morgan fingerprint density at radius 1 is 1.12 bits per heavy atom. The molecular weight excluding hydrogens is 326 g/mol. The van der Waals surface area contributed by atoms with Crippen LogP contribution in [0.5, 0.6) is 0 Å². The molecule has 1 saturated heterocycles. The number of carbonyl (C=O) groups excluding carboxylic acids is 1. The minimum Gasteiger partial charge on any atom is -0.340 e. The predicted molar refractivity (Wildman–Crippen MR) is 105 cm³/mol. The summed E-state index contributed by atoms with van der Waals surface area (Å²) in [5.41, 5.74) is 2.84. The molecule has 2 heterocycles. The zero-order valence-corrected chi connectivity index (χ0v) is 16.0. The number of aromatic nitrogens is 1. The number of piperazine rings is 1. The second kappa shape index (κ2) is 8.04. The summed E-state index contributed by atoms with van der Waals surface area (Å²) in [6.45, 7) is 9.98. The van der Waals surface area contributed by atoms with Gasteiger partial charge in [0.25, 0.3) is 5.56 Å². The zero-order chi connectivity index (χ0) is 18.7. The zero-order valence-electron chi connectivity index (χ0n) is 16.0. The fourth-order valence-electron chi connectivity index (χ4n) is 3.75. The molecule has 0 aliphatic carbocycles. The van der Waals surface area contributed by atoms with Gasteiger partial charge in [0.2, 0.25) is 5.91 Å². The van der Waals surface area contributed by atoms with Crippen molar-refractivity contribution in [3.05, 3.63) is 45.7 Å². The smallest absolute Gasteiger partial charge is 0.252 e. The summed E-state index contributed by atoms with van der Waals surface area (Å²) >= 11 is 0. The summed E-state index contributed by atoms with van der Waals surface area (Å²) in [7, 11) is 0. The van der Waals surface area contributed by atoms with Crippen LogP contribution in [0.4, 0.5) is 0 Å². The summed E-state index contributed by atoms with van der Waals surface area (Å²) in [5.74, 6) is 0.432. The van der Waals surface area contributed by atoms with E-state index in [0.717, 1.165) is 55.5 Å². The molecule has 1 aromatic carbocycles. The van der Waals surface area contributed by atoms with Crippen LogP contribution in [0.2, 0.25) is 0 Å². The maximum atomic E-state index is 12.5. The average molecular weight is 355 g/mol. The third-order valence-electron chi connectivity index (χ3n) is 5.49. The standard InChI is InChI=1S/C21H29N3O2/c1-4-16(5-2)21(26)24-10-8-23(9-11-24)14-18-13-17-12-15(3)6-7-19(17)22-20(18)25/h6-7,12-13,16H,4-5,8-11,14H2,1-3H3,(H,22,25). The summed E-state index contributed by atoms with van der Waals surface area (Å²) < 4.78 is 0. The highest BCUT2D eigenvalue weighted by molar-refractivity contribution is 5.80. The van der Waals surface area contributed by atoms with Crippen molar-refractivity contribution in [1.82, 2.24) is 14.8 Å². The Morgan fingerprint density at radius 3 is 2.46 bits per heavy atom. The van der Waals surface area contributed by atoms with Crippen molar-refractivity contribution in [1.29, 1.82) is 0 Å². The maximum Gasteiger partial charge on any atom is 0.252 e. The van der Waals surface area contributed by atoms with Crippen molar-refractivity contribution >= 4 is 16.8 Å². The number of carbonyl (C=O) groups is 1. The molecule has 0 atom stereocenters. The number of fused-ring (bicyclic) bond motifs is 1. The van der Waals surface area contributed by atoms with Gasteiger partial charge in [-0.25, -0.2) is 0 Å². The molecule has 0 unspecified atom stereocenters. The number of rotatable bonds is 5. The van der Waals surface area contributed by atoms with Crippen LogP contribution in [0.3, 0.4) is 0 Å². The van der Waals surface area contributed by atoms with Gasteiger partial charge < -0.3 is 9.88 Å². The number of pyridine rings is 1. The average Bonchev–Trinajstić information content (AvgIpc) is 2.64. The molecule has 5 heteroatoms. The highest BCUT2D eigenvalue weighted by atomic mass is 16.2. The molecule has 1 aliphatic heterocycles. The monoisotopic (exact) mass is 355 g/mol. The van der Waals surface area contributed by atoms with Crippen molar-refractivity contribution in [3.8, 4) is 0 Å². The van der Waals surface area contributed by atoms with Gasteiger partial charge in [-0.1, -0.05) is 25.5 Å². The number of aryl methyl sites for hydroxylation is 1. The van der Waals surface area contributed by atoms with Crippen LogP contribution in [0.25, 0.3) is 10.9 Å². The third-order valence-corrected chi connectivity index (χ3v) is 5.49. The van der Waals surface area contributed by atoms with Crippen LogP contribution in [0, 0.1) is 12.8 Å². The molecule has 3 rings (SSSR count). The van der Waals surface area contributed by atoms with Gasteiger partial charge in [0.15, 0.2) is 0 Å². The first-order chi connectivity index (χ1) is 12.5.